The Kier molecular flexibility index (Phi) is 4.66. The average molecular weight is 300 g/mol. The third-order valence-electron chi connectivity index (χ3n) is 3.11. The highest BCUT2D eigenvalue weighted by molar-refractivity contribution is 7.86. The van der Waals surface area contributed by atoms with Crippen LogP contribution in [0.1, 0.15) is 23.2 Å². The van der Waals surface area contributed by atoms with Gasteiger partial charge in [-0.15, -0.1) is 0 Å². The van der Waals surface area contributed by atoms with E-state index in [1.54, 1.807) is 12.3 Å². The standard InChI is InChI=1S/C12H17N3O4S/c1-19-20(17,18)7-6-15-5-4-11(9-14-15)12(16)13-8-10-2-3-10/h4-5,9-10H,2-3,6-8H2,1H3/p+1. The molecule has 0 bridgehead atoms. The Bertz CT molecular complexity index is 567. The monoisotopic (exact) mass is 300 g/mol. The lowest BCUT2D eigenvalue weighted by Crippen LogP contribution is -2.41. The van der Waals surface area contributed by atoms with E-state index >= 15 is 0 Å². The van der Waals surface area contributed by atoms with Crippen molar-refractivity contribution in [2.24, 2.45) is 5.92 Å². The fourth-order valence-corrected chi connectivity index (χ4v) is 2.18. The Hall–Kier alpha value is -1.54. The summed E-state index contributed by atoms with van der Waals surface area (Å²) >= 11 is 0. The molecule has 1 saturated carbocycles. The molecule has 1 N–H and O–H groups in total. The summed E-state index contributed by atoms with van der Waals surface area (Å²) in [4.78, 5) is 11.8. The van der Waals surface area contributed by atoms with Crippen LogP contribution in [0.5, 0.6) is 0 Å². The summed E-state index contributed by atoms with van der Waals surface area (Å²) in [6.45, 7) is 0.889. The van der Waals surface area contributed by atoms with Gasteiger partial charge in [-0.25, -0.2) is 0 Å². The zero-order chi connectivity index (χ0) is 14.6. The summed E-state index contributed by atoms with van der Waals surface area (Å²) in [7, 11) is -2.37. The second kappa shape index (κ2) is 6.27. The Balaban J connectivity index is 1.86. The number of carbonyl (C=O) groups is 1. The van der Waals surface area contributed by atoms with Crippen LogP contribution in [0.4, 0.5) is 0 Å². The molecule has 7 nitrogen and oxygen atoms in total. The highest BCUT2D eigenvalue weighted by Gasteiger charge is 2.22. The molecule has 1 heterocycles. The van der Waals surface area contributed by atoms with Crippen LogP contribution >= 0.6 is 0 Å². The van der Waals surface area contributed by atoms with Gasteiger partial charge in [-0.3, -0.25) is 8.98 Å². The van der Waals surface area contributed by atoms with Gasteiger partial charge in [0, 0.05) is 12.6 Å². The van der Waals surface area contributed by atoms with Gasteiger partial charge in [0.05, 0.1) is 12.7 Å². The lowest BCUT2D eigenvalue weighted by Gasteiger charge is -2.02. The first kappa shape index (κ1) is 14.9. The largest absolute Gasteiger partial charge is 0.352 e. The number of aryl methyl sites for hydroxylation is 1. The molecule has 20 heavy (non-hydrogen) atoms. The number of hydrogen-bond donors (Lipinski definition) is 1. The van der Waals surface area contributed by atoms with Crippen molar-refractivity contribution < 1.29 is 22.1 Å². The van der Waals surface area contributed by atoms with Gasteiger partial charge in [-0.2, -0.15) is 8.42 Å². The number of rotatable bonds is 7. The summed E-state index contributed by atoms with van der Waals surface area (Å²) in [6, 6.07) is 1.62. The first-order valence-electron chi connectivity index (χ1n) is 6.42. The minimum atomic E-state index is -3.50. The van der Waals surface area contributed by atoms with E-state index in [0.717, 1.165) is 7.11 Å². The summed E-state index contributed by atoms with van der Waals surface area (Å²) in [5, 5.41) is 6.86. The van der Waals surface area contributed by atoms with Crippen LogP contribution in [0.15, 0.2) is 18.5 Å². The van der Waals surface area contributed by atoms with Gasteiger partial charge in [-0.1, -0.05) is 4.68 Å². The summed E-state index contributed by atoms with van der Waals surface area (Å²) in [5.74, 6) is 0.315. The van der Waals surface area contributed by atoms with Crippen molar-refractivity contribution in [1.82, 2.24) is 10.4 Å². The van der Waals surface area contributed by atoms with Crippen molar-refractivity contribution in [3.8, 4) is 0 Å². The quantitative estimate of drug-likeness (QED) is 0.541. The van der Waals surface area contributed by atoms with E-state index in [4.69, 9.17) is 0 Å². The molecule has 110 valence electrons. The number of aromatic nitrogens is 2. The summed E-state index contributed by atoms with van der Waals surface area (Å²) in [5.41, 5.74) is 0.469. The predicted molar refractivity (Wildman–Crippen MR) is 70.3 cm³/mol. The van der Waals surface area contributed by atoms with E-state index in [1.807, 2.05) is 0 Å². The van der Waals surface area contributed by atoms with E-state index in [2.05, 4.69) is 14.6 Å². The topological polar surface area (TPSA) is 89.2 Å². The number of hydrogen-bond acceptors (Lipinski definition) is 5. The zero-order valence-electron chi connectivity index (χ0n) is 11.3. The molecule has 0 atom stereocenters. The van der Waals surface area contributed by atoms with E-state index in [-0.39, 0.29) is 18.2 Å². The van der Waals surface area contributed by atoms with Gasteiger partial charge in [-0.05, 0) is 23.9 Å². The van der Waals surface area contributed by atoms with Gasteiger partial charge in [0.2, 0.25) is 0 Å². The van der Waals surface area contributed by atoms with Crippen LogP contribution in [0.2, 0.25) is 0 Å². The first-order chi connectivity index (χ1) is 9.50. The number of carbonyl (C=O) groups excluding carboxylic acids is 1. The summed E-state index contributed by atoms with van der Waals surface area (Å²) in [6.07, 6.45) is 5.38. The van der Waals surface area contributed by atoms with Gasteiger partial charge < -0.3 is 5.32 Å². The predicted octanol–water partition coefficient (Wildman–Crippen LogP) is -0.515. The Morgan fingerprint density at radius 1 is 1.55 bits per heavy atom. The third-order valence-corrected chi connectivity index (χ3v) is 4.30. The second-order valence-corrected chi connectivity index (χ2v) is 6.62. The third kappa shape index (κ3) is 4.53. The lowest BCUT2D eigenvalue weighted by molar-refractivity contribution is -0.750. The SMILES string of the molecule is COS(=O)(=O)CC[n+]1ccc(C(=O)NCC2CC2)cn1. The normalized spacial score (nSPS) is 15.1. The molecule has 1 aromatic heterocycles. The van der Waals surface area contributed by atoms with Gasteiger partial charge in [0.1, 0.15) is 11.9 Å². The molecule has 1 aliphatic carbocycles. The molecule has 0 aliphatic heterocycles. The number of amides is 1. The Morgan fingerprint density at radius 2 is 2.30 bits per heavy atom. The zero-order valence-corrected chi connectivity index (χ0v) is 12.1. The summed E-state index contributed by atoms with van der Waals surface area (Å²) < 4.78 is 28.2. The van der Waals surface area contributed by atoms with Crippen molar-refractivity contribution in [2.45, 2.75) is 19.4 Å². The van der Waals surface area contributed by atoms with E-state index < -0.39 is 10.1 Å². The minimum absolute atomic E-state index is 0.152. The van der Waals surface area contributed by atoms with Crippen LogP contribution in [0.3, 0.4) is 0 Å². The highest BCUT2D eigenvalue weighted by atomic mass is 32.2. The van der Waals surface area contributed by atoms with Crippen LogP contribution in [0.25, 0.3) is 0 Å². The van der Waals surface area contributed by atoms with Crippen LogP contribution < -0.4 is 10.00 Å². The molecule has 2 rings (SSSR count). The van der Waals surface area contributed by atoms with Crippen LogP contribution in [-0.4, -0.2) is 38.8 Å². The fourth-order valence-electron chi connectivity index (χ4n) is 1.60. The molecule has 8 heteroatoms. The maximum absolute atomic E-state index is 11.8. The van der Waals surface area contributed by atoms with Gasteiger partial charge in [0.25, 0.3) is 16.0 Å². The maximum atomic E-state index is 11.8. The van der Waals surface area contributed by atoms with E-state index in [1.165, 1.54) is 23.7 Å². The highest BCUT2D eigenvalue weighted by Crippen LogP contribution is 2.27. The molecule has 0 unspecified atom stereocenters. The molecule has 0 saturated heterocycles. The van der Waals surface area contributed by atoms with E-state index in [9.17, 15) is 13.2 Å². The van der Waals surface area contributed by atoms with Crippen LogP contribution in [0, 0.1) is 5.92 Å². The molecule has 1 aliphatic rings. The molecule has 0 radical (unpaired) electrons. The second-order valence-electron chi connectivity index (χ2n) is 4.76. The Morgan fingerprint density at radius 3 is 2.85 bits per heavy atom. The smallest absolute Gasteiger partial charge is 0.273 e. The van der Waals surface area contributed by atoms with Crippen LogP contribution in [-0.2, 0) is 20.8 Å². The van der Waals surface area contributed by atoms with Gasteiger partial charge >= 0.3 is 0 Å². The molecule has 1 aromatic rings. The molecular weight excluding hydrogens is 282 g/mol. The molecule has 1 amide bonds. The Labute approximate surface area is 118 Å². The van der Waals surface area contributed by atoms with Crippen molar-refractivity contribution >= 4 is 16.0 Å². The van der Waals surface area contributed by atoms with Crippen molar-refractivity contribution in [1.29, 1.82) is 0 Å². The number of nitrogens with one attached hydrogen (secondary N) is 1. The molecule has 0 spiro atoms. The molecule has 1 fully saturated rings. The van der Waals surface area contributed by atoms with Crippen molar-refractivity contribution in [3.63, 3.8) is 0 Å². The minimum Gasteiger partial charge on any atom is -0.352 e. The van der Waals surface area contributed by atoms with E-state index in [0.29, 0.717) is 18.0 Å². The first-order valence-corrected chi connectivity index (χ1v) is 8.00. The number of nitrogens with zero attached hydrogens (tertiary/aromatic N) is 2. The maximum Gasteiger partial charge on any atom is 0.273 e. The van der Waals surface area contributed by atoms with Crippen molar-refractivity contribution in [2.75, 3.05) is 19.4 Å². The lowest BCUT2D eigenvalue weighted by atomic mass is 10.3. The average Bonchev–Trinajstić information content (AvgIpc) is 3.27. The molecular formula is C12H18N3O4S+. The van der Waals surface area contributed by atoms with Gasteiger partial charge in [0.15, 0.2) is 12.7 Å². The van der Waals surface area contributed by atoms with Crippen molar-refractivity contribution in [3.05, 3.63) is 24.0 Å². The fraction of sp³-hybridized carbons (Fsp3) is 0.583. The molecule has 0 aromatic carbocycles.